The van der Waals surface area contributed by atoms with E-state index in [0.717, 1.165) is 12.8 Å². The average Bonchev–Trinajstić information content (AvgIpc) is 2.42. The summed E-state index contributed by atoms with van der Waals surface area (Å²) in [6.07, 6.45) is 8.46. The van der Waals surface area contributed by atoms with Gasteiger partial charge in [-0.05, 0) is 18.6 Å². The lowest BCUT2D eigenvalue weighted by molar-refractivity contribution is 0.0949. The van der Waals surface area contributed by atoms with E-state index in [1.54, 1.807) is 12.1 Å². The number of benzene rings is 1. The topological polar surface area (TPSA) is 29.1 Å². The fraction of sp³-hybridized carbons (Fsp3) is 0.562. The number of unbranched alkanes of at least 4 members (excludes halogenated alkanes) is 6. The molecule has 1 aromatic rings. The van der Waals surface area contributed by atoms with Gasteiger partial charge in [0.05, 0.1) is 5.56 Å². The van der Waals surface area contributed by atoms with E-state index in [-0.39, 0.29) is 11.5 Å². The van der Waals surface area contributed by atoms with Crippen LogP contribution in [0.3, 0.4) is 0 Å². The second-order valence-corrected chi connectivity index (χ2v) is 4.86. The minimum atomic E-state index is -0.459. The van der Waals surface area contributed by atoms with Crippen LogP contribution in [0.5, 0.6) is 0 Å². The van der Waals surface area contributed by atoms with Crippen LogP contribution in [0, 0.1) is 5.82 Å². The maximum absolute atomic E-state index is 13.3. The number of hydrogen-bond acceptors (Lipinski definition) is 1. The molecule has 2 nitrogen and oxygen atoms in total. The molecule has 0 unspecified atom stereocenters. The maximum Gasteiger partial charge on any atom is 0.254 e. The molecule has 0 aliphatic heterocycles. The Hall–Kier alpha value is -1.38. The summed E-state index contributed by atoms with van der Waals surface area (Å²) < 4.78 is 13.3. The van der Waals surface area contributed by atoms with Crippen molar-refractivity contribution in [2.24, 2.45) is 0 Å². The van der Waals surface area contributed by atoms with Gasteiger partial charge in [-0.25, -0.2) is 4.39 Å². The molecule has 0 spiro atoms. The molecule has 1 rings (SSSR count). The van der Waals surface area contributed by atoms with Crippen molar-refractivity contribution < 1.29 is 9.18 Å². The van der Waals surface area contributed by atoms with Gasteiger partial charge in [-0.3, -0.25) is 4.79 Å². The summed E-state index contributed by atoms with van der Waals surface area (Å²) in [4.78, 5) is 11.7. The standard InChI is InChI=1S/C16H24FNO/c1-2-3-4-5-6-7-10-13-18-16(19)14-11-8-9-12-15(14)17/h8-9,11-12H,2-7,10,13H2,1H3,(H,18,19). The third-order valence-electron chi connectivity index (χ3n) is 3.18. The maximum atomic E-state index is 13.3. The summed E-state index contributed by atoms with van der Waals surface area (Å²) in [5, 5.41) is 2.76. The highest BCUT2D eigenvalue weighted by molar-refractivity contribution is 5.94. The van der Waals surface area contributed by atoms with Gasteiger partial charge < -0.3 is 5.32 Å². The van der Waals surface area contributed by atoms with Gasteiger partial charge >= 0.3 is 0 Å². The van der Waals surface area contributed by atoms with E-state index in [4.69, 9.17) is 0 Å². The van der Waals surface area contributed by atoms with Gasteiger partial charge in [0, 0.05) is 6.54 Å². The van der Waals surface area contributed by atoms with E-state index in [2.05, 4.69) is 12.2 Å². The molecular weight excluding hydrogens is 241 g/mol. The molecule has 1 amide bonds. The Morgan fingerprint density at radius 1 is 1.05 bits per heavy atom. The highest BCUT2D eigenvalue weighted by Crippen LogP contribution is 2.07. The molecule has 106 valence electrons. The molecule has 0 aromatic heterocycles. The van der Waals surface area contributed by atoms with Gasteiger partial charge in [0.2, 0.25) is 0 Å². The minimum absolute atomic E-state index is 0.130. The first kappa shape index (κ1) is 15.7. The number of carbonyl (C=O) groups is 1. The molecule has 1 N–H and O–H groups in total. The van der Waals surface area contributed by atoms with E-state index < -0.39 is 5.82 Å². The Kier molecular flexibility index (Phi) is 7.87. The fourth-order valence-corrected chi connectivity index (χ4v) is 2.02. The van der Waals surface area contributed by atoms with Gasteiger partial charge in [0.15, 0.2) is 0 Å². The van der Waals surface area contributed by atoms with E-state index in [1.807, 2.05) is 0 Å². The molecule has 0 atom stereocenters. The van der Waals surface area contributed by atoms with Crippen molar-refractivity contribution in [2.45, 2.75) is 51.9 Å². The van der Waals surface area contributed by atoms with Gasteiger partial charge in [0.25, 0.3) is 5.91 Å². The SMILES string of the molecule is CCCCCCCCCNC(=O)c1ccccc1F. The van der Waals surface area contributed by atoms with Gasteiger partial charge in [-0.2, -0.15) is 0 Å². The highest BCUT2D eigenvalue weighted by Gasteiger charge is 2.09. The van der Waals surface area contributed by atoms with Crippen LogP contribution in [0.4, 0.5) is 4.39 Å². The zero-order valence-corrected chi connectivity index (χ0v) is 11.8. The normalized spacial score (nSPS) is 10.4. The van der Waals surface area contributed by atoms with E-state index in [9.17, 15) is 9.18 Å². The molecule has 0 radical (unpaired) electrons. The Bertz CT molecular complexity index is 379. The Balaban J connectivity index is 2.10. The first-order chi connectivity index (χ1) is 9.25. The molecule has 0 aliphatic carbocycles. The highest BCUT2D eigenvalue weighted by atomic mass is 19.1. The van der Waals surface area contributed by atoms with Crippen LogP contribution in [0.15, 0.2) is 24.3 Å². The Labute approximate surface area is 115 Å². The molecule has 19 heavy (non-hydrogen) atoms. The first-order valence-corrected chi connectivity index (χ1v) is 7.28. The lowest BCUT2D eigenvalue weighted by atomic mass is 10.1. The van der Waals surface area contributed by atoms with E-state index in [1.165, 1.54) is 44.2 Å². The largest absolute Gasteiger partial charge is 0.352 e. The van der Waals surface area contributed by atoms with Crippen molar-refractivity contribution in [3.63, 3.8) is 0 Å². The summed E-state index contributed by atoms with van der Waals surface area (Å²) in [5.74, 6) is -0.774. The third-order valence-corrected chi connectivity index (χ3v) is 3.18. The first-order valence-electron chi connectivity index (χ1n) is 7.28. The molecule has 0 aliphatic rings. The second-order valence-electron chi connectivity index (χ2n) is 4.86. The number of nitrogens with one attached hydrogen (secondary N) is 1. The molecule has 1 aromatic carbocycles. The predicted molar refractivity (Wildman–Crippen MR) is 76.7 cm³/mol. The molecule has 3 heteroatoms. The molecule has 0 saturated carbocycles. The van der Waals surface area contributed by atoms with Crippen molar-refractivity contribution in [3.05, 3.63) is 35.6 Å². The van der Waals surface area contributed by atoms with Crippen LogP contribution in [0.25, 0.3) is 0 Å². The lowest BCUT2D eigenvalue weighted by Gasteiger charge is -2.06. The van der Waals surface area contributed by atoms with Crippen molar-refractivity contribution in [1.29, 1.82) is 0 Å². The van der Waals surface area contributed by atoms with Gasteiger partial charge in [0.1, 0.15) is 5.82 Å². The number of carbonyl (C=O) groups excluding carboxylic acids is 1. The summed E-state index contributed by atoms with van der Waals surface area (Å²) in [6, 6.07) is 6.08. The molecule has 0 heterocycles. The molecule has 0 saturated heterocycles. The molecule has 0 bridgehead atoms. The number of hydrogen-bond donors (Lipinski definition) is 1. The molecular formula is C16H24FNO. The second kappa shape index (κ2) is 9.54. The average molecular weight is 265 g/mol. The van der Waals surface area contributed by atoms with Gasteiger partial charge in [-0.15, -0.1) is 0 Å². The van der Waals surface area contributed by atoms with Crippen LogP contribution in [-0.4, -0.2) is 12.5 Å². The summed E-state index contributed by atoms with van der Waals surface area (Å²) in [7, 11) is 0. The van der Waals surface area contributed by atoms with E-state index in [0.29, 0.717) is 6.54 Å². The number of rotatable bonds is 9. The predicted octanol–water partition coefficient (Wildman–Crippen LogP) is 4.31. The summed E-state index contributed by atoms with van der Waals surface area (Å²) in [5.41, 5.74) is 0.130. The van der Waals surface area contributed by atoms with Crippen molar-refractivity contribution >= 4 is 5.91 Å². The van der Waals surface area contributed by atoms with Crippen molar-refractivity contribution in [1.82, 2.24) is 5.32 Å². The Morgan fingerprint density at radius 2 is 1.68 bits per heavy atom. The van der Waals surface area contributed by atoms with Crippen LogP contribution in [0.2, 0.25) is 0 Å². The van der Waals surface area contributed by atoms with Crippen molar-refractivity contribution in [3.8, 4) is 0 Å². The Morgan fingerprint density at radius 3 is 2.37 bits per heavy atom. The minimum Gasteiger partial charge on any atom is -0.352 e. The van der Waals surface area contributed by atoms with Gasteiger partial charge in [-0.1, -0.05) is 57.6 Å². The zero-order valence-electron chi connectivity index (χ0n) is 11.8. The lowest BCUT2D eigenvalue weighted by Crippen LogP contribution is -2.25. The third kappa shape index (κ3) is 6.37. The number of halogens is 1. The van der Waals surface area contributed by atoms with Crippen LogP contribution < -0.4 is 5.32 Å². The summed E-state index contributed by atoms with van der Waals surface area (Å²) >= 11 is 0. The quantitative estimate of drug-likeness (QED) is 0.662. The van der Waals surface area contributed by atoms with Crippen LogP contribution in [0.1, 0.15) is 62.2 Å². The monoisotopic (exact) mass is 265 g/mol. The fourth-order valence-electron chi connectivity index (χ4n) is 2.02. The summed E-state index contributed by atoms with van der Waals surface area (Å²) in [6.45, 7) is 2.83. The van der Waals surface area contributed by atoms with Crippen molar-refractivity contribution in [2.75, 3.05) is 6.54 Å². The molecule has 0 fully saturated rings. The number of amides is 1. The van der Waals surface area contributed by atoms with E-state index >= 15 is 0 Å². The zero-order chi connectivity index (χ0) is 13.9. The van der Waals surface area contributed by atoms with Crippen LogP contribution in [-0.2, 0) is 0 Å². The smallest absolute Gasteiger partial charge is 0.254 e. The van der Waals surface area contributed by atoms with Crippen LogP contribution >= 0.6 is 0 Å².